The SMILES string of the molecule is NC1CCC2CN(C(=O)C(O)c3ccccc3)CC12. The first-order valence-electron chi connectivity index (χ1n) is 6.94. The van der Waals surface area contributed by atoms with E-state index >= 15 is 0 Å². The topological polar surface area (TPSA) is 66.6 Å². The summed E-state index contributed by atoms with van der Waals surface area (Å²) in [7, 11) is 0. The Labute approximate surface area is 113 Å². The summed E-state index contributed by atoms with van der Waals surface area (Å²) in [6.07, 6.45) is 1.13. The number of aliphatic hydroxyl groups excluding tert-OH is 1. The third-order valence-electron chi connectivity index (χ3n) is 4.57. The van der Waals surface area contributed by atoms with Gasteiger partial charge >= 0.3 is 0 Å². The van der Waals surface area contributed by atoms with Crippen LogP contribution in [0, 0.1) is 11.8 Å². The van der Waals surface area contributed by atoms with Gasteiger partial charge < -0.3 is 15.7 Å². The average Bonchev–Trinajstić information content (AvgIpc) is 3.01. The van der Waals surface area contributed by atoms with Crippen molar-refractivity contribution in [1.29, 1.82) is 0 Å². The van der Waals surface area contributed by atoms with Gasteiger partial charge in [-0.2, -0.15) is 0 Å². The first-order chi connectivity index (χ1) is 9.16. The Morgan fingerprint density at radius 2 is 2.00 bits per heavy atom. The number of hydrogen-bond donors (Lipinski definition) is 2. The normalized spacial score (nSPS) is 31.3. The Morgan fingerprint density at radius 3 is 2.68 bits per heavy atom. The molecule has 4 unspecified atom stereocenters. The molecule has 4 atom stereocenters. The van der Waals surface area contributed by atoms with Crippen molar-refractivity contribution in [3.8, 4) is 0 Å². The fourth-order valence-electron chi connectivity index (χ4n) is 3.44. The van der Waals surface area contributed by atoms with Crippen LogP contribution >= 0.6 is 0 Å². The van der Waals surface area contributed by atoms with Gasteiger partial charge in [0.25, 0.3) is 5.91 Å². The first kappa shape index (κ1) is 12.6. The third kappa shape index (κ3) is 2.26. The van der Waals surface area contributed by atoms with Crippen molar-refractivity contribution in [1.82, 2.24) is 4.90 Å². The summed E-state index contributed by atoms with van der Waals surface area (Å²) < 4.78 is 0. The smallest absolute Gasteiger partial charge is 0.256 e. The molecule has 1 aliphatic heterocycles. The van der Waals surface area contributed by atoms with E-state index in [9.17, 15) is 9.90 Å². The third-order valence-corrected chi connectivity index (χ3v) is 4.57. The molecule has 2 fully saturated rings. The van der Waals surface area contributed by atoms with Gasteiger partial charge in [0.05, 0.1) is 0 Å². The molecule has 1 aromatic rings. The summed E-state index contributed by atoms with van der Waals surface area (Å²) >= 11 is 0. The molecule has 0 radical (unpaired) electrons. The van der Waals surface area contributed by atoms with Crippen molar-refractivity contribution in [3.05, 3.63) is 35.9 Å². The Balaban J connectivity index is 1.69. The van der Waals surface area contributed by atoms with Crippen LogP contribution < -0.4 is 5.73 Å². The van der Waals surface area contributed by atoms with E-state index in [4.69, 9.17) is 5.73 Å². The second kappa shape index (κ2) is 4.94. The van der Waals surface area contributed by atoms with E-state index in [-0.39, 0.29) is 11.9 Å². The molecule has 0 spiro atoms. The maximum absolute atomic E-state index is 12.3. The van der Waals surface area contributed by atoms with E-state index < -0.39 is 6.10 Å². The maximum atomic E-state index is 12.3. The number of nitrogens with zero attached hydrogens (tertiary/aromatic N) is 1. The van der Waals surface area contributed by atoms with Crippen LogP contribution in [0.5, 0.6) is 0 Å². The minimum atomic E-state index is -1.05. The molecule has 1 aliphatic carbocycles. The highest BCUT2D eigenvalue weighted by atomic mass is 16.3. The van der Waals surface area contributed by atoms with Crippen LogP contribution in [0.15, 0.2) is 30.3 Å². The molecule has 1 saturated heterocycles. The van der Waals surface area contributed by atoms with Gasteiger partial charge in [-0.05, 0) is 30.2 Å². The van der Waals surface area contributed by atoms with E-state index in [1.165, 1.54) is 0 Å². The molecule has 0 bridgehead atoms. The molecule has 19 heavy (non-hydrogen) atoms. The standard InChI is InChI=1S/C15H20N2O2/c16-13-7-6-11-8-17(9-12(11)13)15(19)14(18)10-4-2-1-3-5-10/h1-5,11-14,18H,6-9,16H2. The number of nitrogens with two attached hydrogens (primary N) is 1. The summed E-state index contributed by atoms with van der Waals surface area (Å²) in [6, 6.07) is 9.33. The lowest BCUT2D eigenvalue weighted by atomic mass is 9.98. The van der Waals surface area contributed by atoms with Crippen molar-refractivity contribution in [3.63, 3.8) is 0 Å². The molecule has 2 aliphatic rings. The fraction of sp³-hybridized carbons (Fsp3) is 0.533. The van der Waals surface area contributed by atoms with E-state index in [0.29, 0.717) is 23.9 Å². The average molecular weight is 260 g/mol. The first-order valence-corrected chi connectivity index (χ1v) is 6.94. The van der Waals surface area contributed by atoms with Gasteiger partial charge in [-0.3, -0.25) is 4.79 Å². The summed E-state index contributed by atoms with van der Waals surface area (Å²) in [4.78, 5) is 14.1. The van der Waals surface area contributed by atoms with Gasteiger partial charge in [0.2, 0.25) is 0 Å². The number of carbonyl (C=O) groups excluding carboxylic acids is 1. The molecule has 3 rings (SSSR count). The minimum Gasteiger partial charge on any atom is -0.378 e. The van der Waals surface area contributed by atoms with Crippen molar-refractivity contribution < 1.29 is 9.90 Å². The molecule has 4 heteroatoms. The van der Waals surface area contributed by atoms with Crippen LogP contribution in [0.2, 0.25) is 0 Å². The van der Waals surface area contributed by atoms with E-state index in [1.54, 1.807) is 17.0 Å². The molecule has 1 saturated carbocycles. The predicted octanol–water partition coefficient (Wildman–Crippen LogP) is 0.916. The number of amides is 1. The van der Waals surface area contributed by atoms with Gasteiger partial charge in [0.1, 0.15) is 0 Å². The highest BCUT2D eigenvalue weighted by molar-refractivity contribution is 5.82. The fourth-order valence-corrected chi connectivity index (χ4v) is 3.44. The lowest BCUT2D eigenvalue weighted by Crippen LogP contribution is -2.36. The second-order valence-electron chi connectivity index (χ2n) is 5.72. The van der Waals surface area contributed by atoms with Crippen LogP contribution in [-0.4, -0.2) is 35.0 Å². The molecular weight excluding hydrogens is 240 g/mol. The zero-order valence-electron chi connectivity index (χ0n) is 10.9. The number of carbonyl (C=O) groups is 1. The lowest BCUT2D eigenvalue weighted by molar-refractivity contribution is -0.139. The molecule has 1 amide bonds. The lowest BCUT2D eigenvalue weighted by Gasteiger charge is -2.22. The van der Waals surface area contributed by atoms with Crippen molar-refractivity contribution in [2.75, 3.05) is 13.1 Å². The van der Waals surface area contributed by atoms with Crippen molar-refractivity contribution in [2.45, 2.75) is 25.0 Å². The van der Waals surface area contributed by atoms with E-state index in [0.717, 1.165) is 19.4 Å². The van der Waals surface area contributed by atoms with Crippen LogP contribution in [0.3, 0.4) is 0 Å². The Bertz CT molecular complexity index is 462. The molecule has 102 valence electrons. The van der Waals surface area contributed by atoms with Gasteiger partial charge in [-0.1, -0.05) is 30.3 Å². The maximum Gasteiger partial charge on any atom is 0.256 e. The number of rotatable bonds is 2. The summed E-state index contributed by atoms with van der Waals surface area (Å²) in [5.74, 6) is 0.765. The van der Waals surface area contributed by atoms with Gasteiger partial charge in [0.15, 0.2) is 6.10 Å². The Kier molecular flexibility index (Phi) is 3.29. The Hall–Kier alpha value is -1.39. The summed E-state index contributed by atoms with van der Waals surface area (Å²) in [5, 5.41) is 10.2. The van der Waals surface area contributed by atoms with Crippen LogP contribution in [0.1, 0.15) is 24.5 Å². The highest BCUT2D eigenvalue weighted by Crippen LogP contribution is 2.37. The molecule has 3 N–H and O–H groups in total. The van der Waals surface area contributed by atoms with Crippen molar-refractivity contribution in [2.24, 2.45) is 17.6 Å². The van der Waals surface area contributed by atoms with Gasteiger partial charge in [0, 0.05) is 19.1 Å². The predicted molar refractivity (Wildman–Crippen MR) is 72.2 cm³/mol. The van der Waals surface area contributed by atoms with Crippen molar-refractivity contribution >= 4 is 5.91 Å². The number of fused-ring (bicyclic) bond motifs is 1. The largest absolute Gasteiger partial charge is 0.378 e. The number of hydrogen-bond acceptors (Lipinski definition) is 3. The molecule has 1 aromatic carbocycles. The van der Waals surface area contributed by atoms with Gasteiger partial charge in [-0.25, -0.2) is 0 Å². The molecular formula is C15H20N2O2. The zero-order valence-corrected chi connectivity index (χ0v) is 10.9. The molecule has 1 heterocycles. The second-order valence-corrected chi connectivity index (χ2v) is 5.72. The molecule has 4 nitrogen and oxygen atoms in total. The number of benzene rings is 1. The van der Waals surface area contributed by atoms with Gasteiger partial charge in [-0.15, -0.1) is 0 Å². The summed E-state index contributed by atoms with van der Waals surface area (Å²) in [5.41, 5.74) is 6.73. The van der Waals surface area contributed by atoms with Crippen LogP contribution in [-0.2, 0) is 4.79 Å². The minimum absolute atomic E-state index is 0.187. The quantitative estimate of drug-likeness (QED) is 0.831. The van der Waals surface area contributed by atoms with E-state index in [1.807, 2.05) is 18.2 Å². The Morgan fingerprint density at radius 1 is 1.26 bits per heavy atom. The molecule has 0 aromatic heterocycles. The number of likely N-dealkylation sites (tertiary alicyclic amines) is 1. The van der Waals surface area contributed by atoms with E-state index in [2.05, 4.69) is 0 Å². The van der Waals surface area contributed by atoms with Crippen LogP contribution in [0.25, 0.3) is 0 Å². The monoisotopic (exact) mass is 260 g/mol. The zero-order chi connectivity index (χ0) is 13.4. The van der Waals surface area contributed by atoms with Crippen LogP contribution in [0.4, 0.5) is 0 Å². The number of aliphatic hydroxyl groups is 1. The highest BCUT2D eigenvalue weighted by Gasteiger charge is 2.43. The summed E-state index contributed by atoms with van der Waals surface area (Å²) in [6.45, 7) is 1.45.